The monoisotopic (exact) mass is 342 g/mol. The highest BCUT2D eigenvalue weighted by Crippen LogP contribution is 2.24. The largest absolute Gasteiger partial charge is 0.375 e. The van der Waals surface area contributed by atoms with E-state index in [1.165, 1.54) is 5.56 Å². The maximum atomic E-state index is 4.41. The lowest BCUT2D eigenvalue weighted by atomic mass is 10.1. The lowest BCUT2D eigenvalue weighted by Gasteiger charge is -2.18. The fourth-order valence-corrected chi connectivity index (χ4v) is 2.60. The molecule has 1 aromatic carbocycles. The Labute approximate surface area is 132 Å². The van der Waals surface area contributed by atoms with E-state index in [2.05, 4.69) is 50.4 Å². The Bertz CT molecular complexity index is 725. The van der Waals surface area contributed by atoms with Crippen molar-refractivity contribution in [2.45, 2.75) is 13.0 Å². The Morgan fingerprint density at radius 3 is 2.81 bits per heavy atom. The van der Waals surface area contributed by atoms with E-state index in [1.54, 1.807) is 17.1 Å². The van der Waals surface area contributed by atoms with Gasteiger partial charge in [-0.15, -0.1) is 0 Å². The van der Waals surface area contributed by atoms with Crippen LogP contribution in [0.15, 0.2) is 65.5 Å². The molecule has 0 saturated carbocycles. The molecule has 0 aliphatic heterocycles. The first kappa shape index (κ1) is 13.8. The maximum absolute atomic E-state index is 4.41. The van der Waals surface area contributed by atoms with Gasteiger partial charge >= 0.3 is 0 Å². The lowest BCUT2D eigenvalue weighted by Crippen LogP contribution is -2.10. The smallest absolute Gasteiger partial charge is 0.176 e. The minimum Gasteiger partial charge on any atom is -0.375 e. The molecule has 21 heavy (non-hydrogen) atoms. The molecule has 2 heterocycles. The summed E-state index contributed by atoms with van der Waals surface area (Å²) < 4.78 is 2.84. The molecule has 3 rings (SSSR count). The first-order chi connectivity index (χ1) is 10.2. The van der Waals surface area contributed by atoms with Crippen molar-refractivity contribution in [1.82, 2.24) is 14.8 Å². The van der Waals surface area contributed by atoms with E-state index < -0.39 is 0 Å². The summed E-state index contributed by atoms with van der Waals surface area (Å²) >= 11 is 3.51. The van der Waals surface area contributed by atoms with Gasteiger partial charge in [-0.3, -0.25) is 0 Å². The van der Waals surface area contributed by atoms with Crippen molar-refractivity contribution in [1.29, 1.82) is 0 Å². The van der Waals surface area contributed by atoms with Gasteiger partial charge in [0.15, 0.2) is 5.82 Å². The van der Waals surface area contributed by atoms with E-state index in [0.717, 1.165) is 16.0 Å². The Hall–Kier alpha value is -2.14. The summed E-state index contributed by atoms with van der Waals surface area (Å²) in [5.41, 5.74) is 2.16. The molecule has 0 aliphatic rings. The van der Waals surface area contributed by atoms with Crippen molar-refractivity contribution in [3.63, 3.8) is 0 Å². The summed E-state index contributed by atoms with van der Waals surface area (Å²) in [5.74, 6) is 0.796. The Kier molecular flexibility index (Phi) is 4.01. The highest BCUT2D eigenvalue weighted by Gasteiger charge is 2.10. The predicted octanol–water partition coefficient (Wildman–Crippen LogP) is 4.20. The minimum atomic E-state index is 0.168. The average molecular weight is 343 g/mol. The number of rotatable bonds is 4. The number of benzene rings is 1. The fourth-order valence-electron chi connectivity index (χ4n) is 2.18. The molecule has 0 bridgehead atoms. The molecule has 1 N–H and O–H groups in total. The van der Waals surface area contributed by atoms with Gasteiger partial charge in [-0.25, -0.2) is 9.67 Å². The summed E-state index contributed by atoms with van der Waals surface area (Å²) in [6, 6.07) is 14.3. The molecule has 106 valence electrons. The molecule has 1 atom stereocenters. The van der Waals surface area contributed by atoms with Gasteiger partial charge in [0.25, 0.3) is 0 Å². The summed E-state index contributed by atoms with van der Waals surface area (Å²) in [6.45, 7) is 2.13. The zero-order chi connectivity index (χ0) is 14.7. The number of aromatic nitrogens is 3. The van der Waals surface area contributed by atoms with Gasteiger partial charge in [-0.05, 0) is 42.8 Å². The van der Waals surface area contributed by atoms with E-state index in [-0.39, 0.29) is 6.04 Å². The molecule has 3 aromatic rings. The van der Waals surface area contributed by atoms with Gasteiger partial charge in [-0.2, -0.15) is 5.10 Å². The highest BCUT2D eigenvalue weighted by molar-refractivity contribution is 9.10. The standard InChI is InChI=1S/C16H15BrN4/c1-12(13-5-2-6-14(17)11-13)20-15-7-3-8-18-16(15)21-10-4-9-19-21/h2-12,20H,1H3. The molecule has 0 spiro atoms. The molecule has 0 saturated heterocycles. The second kappa shape index (κ2) is 6.10. The van der Waals surface area contributed by atoms with Crippen LogP contribution in [0.1, 0.15) is 18.5 Å². The molecular weight excluding hydrogens is 328 g/mol. The van der Waals surface area contributed by atoms with E-state index in [0.29, 0.717) is 0 Å². The third-order valence-electron chi connectivity index (χ3n) is 3.23. The van der Waals surface area contributed by atoms with Crippen LogP contribution >= 0.6 is 15.9 Å². The zero-order valence-electron chi connectivity index (χ0n) is 11.6. The third-order valence-corrected chi connectivity index (χ3v) is 3.72. The summed E-state index contributed by atoms with van der Waals surface area (Å²) in [4.78, 5) is 4.41. The molecule has 1 unspecified atom stereocenters. The van der Waals surface area contributed by atoms with Gasteiger partial charge in [0.2, 0.25) is 0 Å². The van der Waals surface area contributed by atoms with Crippen molar-refractivity contribution in [2.24, 2.45) is 0 Å². The van der Waals surface area contributed by atoms with Crippen LogP contribution in [0.2, 0.25) is 0 Å². The van der Waals surface area contributed by atoms with Crippen LogP contribution in [0, 0.1) is 0 Å². The second-order valence-electron chi connectivity index (χ2n) is 4.75. The van der Waals surface area contributed by atoms with E-state index in [1.807, 2.05) is 36.5 Å². The van der Waals surface area contributed by atoms with Crippen LogP contribution in [0.3, 0.4) is 0 Å². The van der Waals surface area contributed by atoms with E-state index in [9.17, 15) is 0 Å². The van der Waals surface area contributed by atoms with Gasteiger partial charge < -0.3 is 5.32 Å². The quantitative estimate of drug-likeness (QED) is 0.772. The van der Waals surface area contributed by atoms with E-state index >= 15 is 0 Å². The van der Waals surface area contributed by atoms with Crippen LogP contribution in [-0.2, 0) is 0 Å². The lowest BCUT2D eigenvalue weighted by molar-refractivity contribution is 0.829. The topological polar surface area (TPSA) is 42.7 Å². The summed E-state index contributed by atoms with van der Waals surface area (Å²) in [7, 11) is 0. The number of halogens is 1. The Balaban J connectivity index is 1.88. The van der Waals surface area contributed by atoms with Gasteiger partial charge in [0, 0.05) is 29.1 Å². The van der Waals surface area contributed by atoms with Crippen LogP contribution in [0.5, 0.6) is 0 Å². The molecule has 5 heteroatoms. The van der Waals surface area contributed by atoms with Crippen molar-refractivity contribution < 1.29 is 0 Å². The fraction of sp³-hybridized carbons (Fsp3) is 0.125. The molecular formula is C16H15BrN4. The second-order valence-corrected chi connectivity index (χ2v) is 5.66. The Morgan fingerprint density at radius 2 is 2.05 bits per heavy atom. The normalized spacial score (nSPS) is 12.1. The molecule has 2 aromatic heterocycles. The van der Waals surface area contributed by atoms with Crippen molar-refractivity contribution >= 4 is 21.6 Å². The van der Waals surface area contributed by atoms with Gasteiger partial charge in [0.1, 0.15) is 0 Å². The minimum absolute atomic E-state index is 0.168. The highest BCUT2D eigenvalue weighted by atomic mass is 79.9. The first-order valence-corrected chi connectivity index (χ1v) is 7.50. The number of hydrogen-bond donors (Lipinski definition) is 1. The molecule has 0 radical (unpaired) electrons. The SMILES string of the molecule is CC(Nc1cccnc1-n1cccn1)c1cccc(Br)c1. The number of hydrogen-bond acceptors (Lipinski definition) is 3. The number of nitrogens with one attached hydrogen (secondary N) is 1. The maximum Gasteiger partial charge on any atom is 0.176 e. The molecule has 0 fully saturated rings. The molecule has 4 nitrogen and oxygen atoms in total. The van der Waals surface area contributed by atoms with Crippen LogP contribution in [-0.4, -0.2) is 14.8 Å². The predicted molar refractivity (Wildman–Crippen MR) is 87.5 cm³/mol. The van der Waals surface area contributed by atoms with Crippen molar-refractivity contribution in [3.05, 3.63) is 71.1 Å². The Morgan fingerprint density at radius 1 is 1.14 bits per heavy atom. The van der Waals surface area contributed by atoms with E-state index in [4.69, 9.17) is 0 Å². The van der Waals surface area contributed by atoms with Crippen LogP contribution in [0.25, 0.3) is 5.82 Å². The average Bonchev–Trinajstić information content (AvgIpc) is 3.02. The first-order valence-electron chi connectivity index (χ1n) is 6.71. The van der Waals surface area contributed by atoms with Gasteiger partial charge in [0.05, 0.1) is 5.69 Å². The molecule has 0 amide bonds. The number of anilines is 1. The van der Waals surface area contributed by atoms with Crippen molar-refractivity contribution in [2.75, 3.05) is 5.32 Å². The number of nitrogens with zero attached hydrogens (tertiary/aromatic N) is 3. The number of pyridine rings is 1. The van der Waals surface area contributed by atoms with Crippen molar-refractivity contribution in [3.8, 4) is 5.82 Å². The summed E-state index contributed by atoms with van der Waals surface area (Å²) in [6.07, 6.45) is 5.40. The van der Waals surface area contributed by atoms with Crippen LogP contribution < -0.4 is 5.32 Å². The zero-order valence-corrected chi connectivity index (χ0v) is 13.2. The third kappa shape index (κ3) is 3.13. The molecule has 0 aliphatic carbocycles. The van der Waals surface area contributed by atoms with Crippen LogP contribution in [0.4, 0.5) is 5.69 Å². The van der Waals surface area contributed by atoms with Gasteiger partial charge in [-0.1, -0.05) is 28.1 Å². The summed E-state index contributed by atoms with van der Waals surface area (Å²) in [5, 5.41) is 7.75.